The minimum atomic E-state index is -0.102. The molecule has 2 fully saturated rings. The maximum atomic E-state index is 13.8. The average molecular weight is 327 g/mol. The Morgan fingerprint density at radius 2 is 2.26 bits per heavy atom. The monoisotopic (exact) mass is 326 g/mol. The number of piperazine rings is 1. The molecule has 1 aromatic rings. The van der Waals surface area contributed by atoms with Gasteiger partial charge in [-0.3, -0.25) is 4.90 Å². The molecule has 0 spiro atoms. The number of halogens is 2. The number of hydrogen-bond donors (Lipinski definition) is 1. The van der Waals surface area contributed by atoms with Crippen LogP contribution in [0.5, 0.6) is 0 Å². The van der Waals surface area contributed by atoms with Crippen molar-refractivity contribution in [1.29, 1.82) is 0 Å². The molecule has 1 atom stereocenters. The minimum Gasteiger partial charge on any atom is -0.309 e. The van der Waals surface area contributed by atoms with Crippen LogP contribution in [0.3, 0.4) is 0 Å². The number of rotatable bonds is 3. The summed E-state index contributed by atoms with van der Waals surface area (Å²) < 4.78 is 14.8. The first-order valence-electron chi connectivity index (χ1n) is 6.98. The first-order chi connectivity index (χ1) is 9.07. The average Bonchev–Trinajstić information content (AvgIpc) is 3.18. The van der Waals surface area contributed by atoms with Crippen LogP contribution in [0.2, 0.25) is 0 Å². The lowest BCUT2D eigenvalue weighted by Crippen LogP contribution is -2.59. The fourth-order valence-electron chi connectivity index (χ4n) is 3.13. The lowest BCUT2D eigenvalue weighted by molar-refractivity contribution is 0.120. The van der Waals surface area contributed by atoms with Crippen LogP contribution in [0.15, 0.2) is 22.7 Å². The molecule has 104 valence electrons. The molecule has 1 aromatic carbocycles. The summed E-state index contributed by atoms with van der Waals surface area (Å²) in [6.07, 6.45) is 2.67. The van der Waals surface area contributed by atoms with E-state index in [1.165, 1.54) is 12.8 Å². The summed E-state index contributed by atoms with van der Waals surface area (Å²) >= 11 is 3.42. The van der Waals surface area contributed by atoms with Crippen LogP contribution in [0.25, 0.3) is 0 Å². The van der Waals surface area contributed by atoms with Gasteiger partial charge in [0.25, 0.3) is 0 Å². The maximum Gasteiger partial charge on any atom is 0.127 e. The second-order valence-corrected chi connectivity index (χ2v) is 6.98. The van der Waals surface area contributed by atoms with E-state index < -0.39 is 0 Å². The lowest BCUT2D eigenvalue weighted by Gasteiger charge is -2.42. The molecule has 1 saturated heterocycles. The third kappa shape index (κ3) is 3.01. The van der Waals surface area contributed by atoms with Gasteiger partial charge in [-0.15, -0.1) is 0 Å². The zero-order valence-corrected chi connectivity index (χ0v) is 12.8. The van der Waals surface area contributed by atoms with Gasteiger partial charge in [-0.05, 0) is 43.9 Å². The standard InChI is InChI=1S/C15H20BrFN2/c1-15(12-2-3-12)10-19(7-6-18-15)9-11-8-13(16)4-5-14(11)17/h4-5,8,12,18H,2-3,6-7,9-10H2,1H3. The Morgan fingerprint density at radius 3 is 3.00 bits per heavy atom. The van der Waals surface area contributed by atoms with Crippen LogP contribution in [0.4, 0.5) is 4.39 Å². The maximum absolute atomic E-state index is 13.8. The molecular weight excluding hydrogens is 307 g/mol. The largest absolute Gasteiger partial charge is 0.309 e. The molecule has 1 saturated carbocycles. The summed E-state index contributed by atoms with van der Waals surface area (Å²) in [6.45, 7) is 6.03. The van der Waals surface area contributed by atoms with Gasteiger partial charge in [-0.2, -0.15) is 0 Å². The van der Waals surface area contributed by atoms with Crippen LogP contribution in [-0.2, 0) is 6.54 Å². The highest BCUT2D eigenvalue weighted by atomic mass is 79.9. The van der Waals surface area contributed by atoms with Gasteiger partial charge < -0.3 is 5.32 Å². The number of nitrogens with one attached hydrogen (secondary N) is 1. The third-order valence-electron chi connectivity index (χ3n) is 4.39. The van der Waals surface area contributed by atoms with E-state index in [4.69, 9.17) is 0 Å². The van der Waals surface area contributed by atoms with Crippen LogP contribution < -0.4 is 5.32 Å². The Morgan fingerprint density at radius 1 is 1.47 bits per heavy atom. The van der Waals surface area contributed by atoms with Crippen LogP contribution in [0.1, 0.15) is 25.3 Å². The smallest absolute Gasteiger partial charge is 0.127 e. The number of benzene rings is 1. The van der Waals surface area contributed by atoms with E-state index in [9.17, 15) is 4.39 Å². The molecule has 2 aliphatic rings. The Kier molecular flexibility index (Phi) is 3.67. The molecule has 1 N–H and O–H groups in total. The highest BCUT2D eigenvalue weighted by molar-refractivity contribution is 9.10. The molecule has 0 radical (unpaired) electrons. The Balaban J connectivity index is 1.70. The molecule has 0 bridgehead atoms. The second kappa shape index (κ2) is 5.15. The summed E-state index contributed by atoms with van der Waals surface area (Å²) in [5, 5.41) is 3.65. The summed E-state index contributed by atoms with van der Waals surface area (Å²) in [5.74, 6) is 0.706. The molecule has 0 amide bonds. The van der Waals surface area contributed by atoms with Gasteiger partial charge in [0.15, 0.2) is 0 Å². The van der Waals surface area contributed by atoms with E-state index in [1.54, 1.807) is 12.1 Å². The molecule has 4 heteroatoms. The molecule has 1 aliphatic carbocycles. The van der Waals surface area contributed by atoms with E-state index in [2.05, 4.69) is 33.1 Å². The molecule has 1 unspecified atom stereocenters. The molecule has 2 nitrogen and oxygen atoms in total. The predicted octanol–water partition coefficient (Wildman–Crippen LogP) is 3.16. The molecule has 3 rings (SSSR count). The number of nitrogens with zero attached hydrogens (tertiary/aromatic N) is 1. The van der Waals surface area contributed by atoms with E-state index in [-0.39, 0.29) is 11.4 Å². The Bertz CT molecular complexity index is 475. The highest BCUT2D eigenvalue weighted by Gasteiger charge is 2.43. The van der Waals surface area contributed by atoms with Gasteiger partial charge in [0.2, 0.25) is 0 Å². The van der Waals surface area contributed by atoms with E-state index in [0.29, 0.717) is 6.54 Å². The van der Waals surface area contributed by atoms with Crippen molar-refractivity contribution >= 4 is 15.9 Å². The van der Waals surface area contributed by atoms with Crippen molar-refractivity contribution in [3.63, 3.8) is 0 Å². The molecule has 1 heterocycles. The fraction of sp³-hybridized carbons (Fsp3) is 0.600. The zero-order chi connectivity index (χ0) is 13.5. The lowest BCUT2D eigenvalue weighted by atomic mass is 9.92. The first-order valence-corrected chi connectivity index (χ1v) is 7.77. The van der Waals surface area contributed by atoms with Gasteiger partial charge >= 0.3 is 0 Å². The van der Waals surface area contributed by atoms with Crippen molar-refractivity contribution in [1.82, 2.24) is 10.2 Å². The normalized spacial score (nSPS) is 28.6. The van der Waals surface area contributed by atoms with Gasteiger partial charge in [0.1, 0.15) is 5.82 Å². The summed E-state index contributed by atoms with van der Waals surface area (Å²) in [5.41, 5.74) is 1.01. The summed E-state index contributed by atoms with van der Waals surface area (Å²) in [6, 6.07) is 5.19. The van der Waals surface area contributed by atoms with Gasteiger partial charge in [0, 0.05) is 41.8 Å². The zero-order valence-electron chi connectivity index (χ0n) is 11.3. The Labute approximate surface area is 122 Å². The summed E-state index contributed by atoms with van der Waals surface area (Å²) in [7, 11) is 0. The Hall–Kier alpha value is -0.450. The van der Waals surface area contributed by atoms with Crippen molar-refractivity contribution < 1.29 is 4.39 Å². The van der Waals surface area contributed by atoms with Gasteiger partial charge in [-0.1, -0.05) is 15.9 Å². The summed E-state index contributed by atoms with van der Waals surface area (Å²) in [4.78, 5) is 2.37. The van der Waals surface area contributed by atoms with Crippen molar-refractivity contribution in [3.05, 3.63) is 34.1 Å². The second-order valence-electron chi connectivity index (χ2n) is 6.06. The molecule has 19 heavy (non-hydrogen) atoms. The highest BCUT2D eigenvalue weighted by Crippen LogP contribution is 2.40. The molecular formula is C15H20BrFN2. The van der Waals surface area contributed by atoms with Crippen molar-refractivity contribution in [2.24, 2.45) is 5.92 Å². The minimum absolute atomic E-state index is 0.102. The topological polar surface area (TPSA) is 15.3 Å². The first kappa shape index (κ1) is 13.5. The van der Waals surface area contributed by atoms with E-state index >= 15 is 0 Å². The van der Waals surface area contributed by atoms with Crippen molar-refractivity contribution in [3.8, 4) is 0 Å². The third-order valence-corrected chi connectivity index (χ3v) is 4.88. The number of hydrogen-bond acceptors (Lipinski definition) is 2. The molecule has 1 aliphatic heterocycles. The van der Waals surface area contributed by atoms with Gasteiger partial charge in [0.05, 0.1) is 0 Å². The fourth-order valence-corrected chi connectivity index (χ4v) is 3.54. The predicted molar refractivity (Wildman–Crippen MR) is 78.5 cm³/mol. The van der Waals surface area contributed by atoms with E-state index in [1.807, 2.05) is 6.07 Å². The van der Waals surface area contributed by atoms with E-state index in [0.717, 1.165) is 35.6 Å². The SMILES string of the molecule is CC1(C2CC2)CN(Cc2cc(Br)ccc2F)CCN1. The van der Waals surface area contributed by atoms with Crippen LogP contribution in [0, 0.1) is 11.7 Å². The van der Waals surface area contributed by atoms with Crippen molar-refractivity contribution in [2.75, 3.05) is 19.6 Å². The van der Waals surface area contributed by atoms with Gasteiger partial charge in [-0.25, -0.2) is 4.39 Å². The van der Waals surface area contributed by atoms with Crippen molar-refractivity contribution in [2.45, 2.75) is 31.8 Å². The quantitative estimate of drug-likeness (QED) is 0.917. The van der Waals surface area contributed by atoms with Crippen LogP contribution in [-0.4, -0.2) is 30.1 Å². The van der Waals surface area contributed by atoms with Crippen LogP contribution >= 0.6 is 15.9 Å². The molecule has 0 aromatic heterocycles.